The van der Waals surface area contributed by atoms with Crippen LogP contribution in [0.2, 0.25) is 0 Å². The Morgan fingerprint density at radius 2 is 1.73 bits per heavy atom. The summed E-state index contributed by atoms with van der Waals surface area (Å²) in [7, 11) is 0. The Kier molecular flexibility index (Phi) is 6.20. The van der Waals surface area contributed by atoms with Crippen LogP contribution in [0.5, 0.6) is 5.88 Å². The van der Waals surface area contributed by atoms with Crippen molar-refractivity contribution in [1.29, 1.82) is 0 Å². The molecule has 7 nitrogen and oxygen atoms in total. The van der Waals surface area contributed by atoms with Crippen molar-refractivity contribution in [1.82, 2.24) is 14.9 Å². The molecular weight excluding hydrogens is 380 g/mol. The van der Waals surface area contributed by atoms with Gasteiger partial charge in [-0.05, 0) is 11.1 Å². The summed E-state index contributed by atoms with van der Waals surface area (Å²) < 4.78 is 5.54. The fraction of sp³-hybridized carbons (Fsp3) is 0.261. The summed E-state index contributed by atoms with van der Waals surface area (Å²) in [6.45, 7) is 2.46. The number of fused-ring (bicyclic) bond motifs is 1. The summed E-state index contributed by atoms with van der Waals surface area (Å²) in [4.78, 5) is 22.5. The molecule has 0 saturated heterocycles. The van der Waals surface area contributed by atoms with Crippen LogP contribution in [-0.4, -0.2) is 39.1 Å². The number of benzene rings is 2. The van der Waals surface area contributed by atoms with E-state index >= 15 is 0 Å². The molecule has 0 bridgehead atoms. The predicted octanol–water partition coefficient (Wildman–Crippen LogP) is 3.11. The van der Waals surface area contributed by atoms with Crippen molar-refractivity contribution in [3.8, 4) is 5.88 Å². The second-order valence-electron chi connectivity index (χ2n) is 7.25. The largest absolute Gasteiger partial charge is 0.479 e. The number of carboxylic acids is 1. The number of anilines is 1. The van der Waals surface area contributed by atoms with Crippen LogP contribution in [0.3, 0.4) is 0 Å². The summed E-state index contributed by atoms with van der Waals surface area (Å²) in [6, 6.07) is 20.2. The summed E-state index contributed by atoms with van der Waals surface area (Å²) in [6.07, 6.45) is 0.758. The van der Waals surface area contributed by atoms with Crippen molar-refractivity contribution in [3.05, 3.63) is 83.0 Å². The lowest BCUT2D eigenvalue weighted by molar-refractivity contribution is -0.139. The van der Waals surface area contributed by atoms with E-state index in [9.17, 15) is 4.79 Å². The third kappa shape index (κ3) is 5.12. The lowest BCUT2D eigenvalue weighted by atomic mass is 10.1. The fourth-order valence-electron chi connectivity index (χ4n) is 3.52. The van der Waals surface area contributed by atoms with Crippen molar-refractivity contribution < 1.29 is 14.6 Å². The van der Waals surface area contributed by atoms with Gasteiger partial charge in [-0.2, -0.15) is 4.98 Å². The molecule has 2 aromatic carbocycles. The topological polar surface area (TPSA) is 87.6 Å². The smallest absolute Gasteiger partial charge is 0.341 e. The van der Waals surface area contributed by atoms with E-state index in [-0.39, 0.29) is 0 Å². The summed E-state index contributed by atoms with van der Waals surface area (Å²) >= 11 is 0. The van der Waals surface area contributed by atoms with Crippen molar-refractivity contribution in [2.24, 2.45) is 0 Å². The van der Waals surface area contributed by atoms with E-state index in [0.29, 0.717) is 24.9 Å². The molecule has 4 rings (SSSR count). The van der Waals surface area contributed by atoms with Crippen LogP contribution in [0, 0.1) is 0 Å². The first-order valence-electron chi connectivity index (χ1n) is 9.96. The SMILES string of the molecule is O=C(O)COc1nc(NCc2ccccc2)nc2c1CN(Cc1ccccc1)CC2. The summed E-state index contributed by atoms with van der Waals surface area (Å²) in [5.41, 5.74) is 4.12. The molecule has 30 heavy (non-hydrogen) atoms. The molecule has 0 radical (unpaired) electrons. The van der Waals surface area contributed by atoms with E-state index in [0.717, 1.165) is 36.3 Å². The zero-order chi connectivity index (χ0) is 20.8. The Labute approximate surface area is 175 Å². The minimum atomic E-state index is -1.03. The maximum atomic E-state index is 11.0. The normalized spacial score (nSPS) is 13.5. The molecule has 7 heteroatoms. The van der Waals surface area contributed by atoms with Crippen LogP contribution < -0.4 is 10.1 Å². The monoisotopic (exact) mass is 404 g/mol. The van der Waals surface area contributed by atoms with Crippen LogP contribution in [0.4, 0.5) is 5.95 Å². The van der Waals surface area contributed by atoms with E-state index in [2.05, 4.69) is 32.3 Å². The van der Waals surface area contributed by atoms with E-state index in [1.807, 2.05) is 48.5 Å². The molecule has 0 saturated carbocycles. The first kappa shape index (κ1) is 19.8. The van der Waals surface area contributed by atoms with Gasteiger partial charge in [0.25, 0.3) is 0 Å². The number of carbonyl (C=O) groups is 1. The molecular formula is C23H24N4O3. The average Bonchev–Trinajstić information content (AvgIpc) is 2.77. The Balaban J connectivity index is 1.53. The number of ether oxygens (including phenoxy) is 1. The van der Waals surface area contributed by atoms with Crippen LogP contribution in [0.1, 0.15) is 22.4 Å². The summed E-state index contributed by atoms with van der Waals surface area (Å²) in [5.74, 6) is -0.233. The fourth-order valence-corrected chi connectivity index (χ4v) is 3.52. The zero-order valence-electron chi connectivity index (χ0n) is 16.6. The van der Waals surface area contributed by atoms with Gasteiger partial charge in [0.1, 0.15) is 0 Å². The molecule has 0 spiro atoms. The number of hydrogen-bond acceptors (Lipinski definition) is 6. The zero-order valence-corrected chi connectivity index (χ0v) is 16.6. The molecule has 2 heterocycles. The molecule has 1 aromatic heterocycles. The van der Waals surface area contributed by atoms with E-state index in [1.165, 1.54) is 5.56 Å². The third-order valence-corrected chi connectivity index (χ3v) is 4.98. The second-order valence-corrected chi connectivity index (χ2v) is 7.25. The highest BCUT2D eigenvalue weighted by Gasteiger charge is 2.24. The standard InChI is InChI=1S/C23H24N4O3/c28-21(29)16-30-22-19-15-27(14-18-9-5-2-6-10-18)12-11-20(19)25-23(26-22)24-13-17-7-3-1-4-8-17/h1-10H,11-16H2,(H,28,29)(H,24,25,26). The van der Waals surface area contributed by atoms with Gasteiger partial charge in [0.15, 0.2) is 6.61 Å². The number of rotatable bonds is 8. The Bertz CT molecular complexity index is 996. The molecule has 0 fully saturated rings. The van der Waals surface area contributed by atoms with Crippen molar-refractivity contribution >= 4 is 11.9 Å². The van der Waals surface area contributed by atoms with Crippen molar-refractivity contribution in [2.45, 2.75) is 26.1 Å². The molecule has 0 aliphatic carbocycles. The van der Waals surface area contributed by atoms with Gasteiger partial charge in [-0.1, -0.05) is 60.7 Å². The molecule has 1 aliphatic rings. The van der Waals surface area contributed by atoms with Gasteiger partial charge in [0.05, 0.1) is 11.3 Å². The van der Waals surface area contributed by atoms with Gasteiger partial charge >= 0.3 is 5.97 Å². The Morgan fingerprint density at radius 1 is 1.03 bits per heavy atom. The molecule has 1 aliphatic heterocycles. The van der Waals surface area contributed by atoms with Crippen molar-refractivity contribution in [2.75, 3.05) is 18.5 Å². The van der Waals surface area contributed by atoms with Gasteiger partial charge < -0.3 is 15.2 Å². The van der Waals surface area contributed by atoms with Gasteiger partial charge in [0.2, 0.25) is 11.8 Å². The van der Waals surface area contributed by atoms with E-state index in [1.54, 1.807) is 0 Å². The third-order valence-electron chi connectivity index (χ3n) is 4.98. The van der Waals surface area contributed by atoms with Crippen molar-refractivity contribution in [3.63, 3.8) is 0 Å². The van der Waals surface area contributed by atoms with E-state index < -0.39 is 12.6 Å². The minimum Gasteiger partial charge on any atom is -0.479 e. The molecule has 0 unspecified atom stereocenters. The van der Waals surface area contributed by atoms with Gasteiger partial charge in [-0.3, -0.25) is 4.90 Å². The maximum absolute atomic E-state index is 11.0. The molecule has 0 atom stereocenters. The quantitative estimate of drug-likeness (QED) is 0.596. The highest BCUT2D eigenvalue weighted by Crippen LogP contribution is 2.28. The predicted molar refractivity (Wildman–Crippen MR) is 113 cm³/mol. The second kappa shape index (κ2) is 9.37. The number of nitrogens with zero attached hydrogens (tertiary/aromatic N) is 3. The van der Waals surface area contributed by atoms with Crippen LogP contribution >= 0.6 is 0 Å². The number of aromatic nitrogens is 2. The van der Waals surface area contributed by atoms with Crippen LogP contribution in [0.25, 0.3) is 0 Å². The minimum absolute atomic E-state index is 0.343. The number of nitrogens with one attached hydrogen (secondary N) is 1. The first-order valence-corrected chi connectivity index (χ1v) is 9.96. The lowest BCUT2D eigenvalue weighted by Crippen LogP contribution is -2.32. The highest BCUT2D eigenvalue weighted by molar-refractivity contribution is 5.68. The number of aliphatic carboxylic acids is 1. The molecule has 0 amide bonds. The Hall–Kier alpha value is -3.45. The summed E-state index contributed by atoms with van der Waals surface area (Å²) in [5, 5.41) is 12.3. The van der Waals surface area contributed by atoms with Gasteiger partial charge in [-0.25, -0.2) is 9.78 Å². The highest BCUT2D eigenvalue weighted by atomic mass is 16.5. The van der Waals surface area contributed by atoms with Crippen LogP contribution in [-0.2, 0) is 30.8 Å². The van der Waals surface area contributed by atoms with Gasteiger partial charge in [0, 0.05) is 32.6 Å². The van der Waals surface area contributed by atoms with Crippen LogP contribution in [0.15, 0.2) is 60.7 Å². The first-order chi connectivity index (χ1) is 14.7. The lowest BCUT2D eigenvalue weighted by Gasteiger charge is -2.29. The van der Waals surface area contributed by atoms with Gasteiger partial charge in [-0.15, -0.1) is 0 Å². The molecule has 154 valence electrons. The average molecular weight is 404 g/mol. The number of hydrogen-bond donors (Lipinski definition) is 2. The molecule has 2 N–H and O–H groups in total. The molecule has 3 aromatic rings. The Morgan fingerprint density at radius 3 is 2.43 bits per heavy atom. The number of carboxylic acid groups (broad SMARTS) is 1. The van der Waals surface area contributed by atoms with E-state index in [4.69, 9.17) is 9.84 Å². The maximum Gasteiger partial charge on any atom is 0.341 e.